The number of carbonyl (C=O) groups excluding carboxylic acids is 1. The molecule has 0 atom stereocenters. The fraction of sp³-hybridized carbons (Fsp3) is 0.250. The first kappa shape index (κ1) is 21.2. The van der Waals surface area contributed by atoms with E-state index in [-0.39, 0.29) is 5.91 Å². The van der Waals surface area contributed by atoms with Gasteiger partial charge in [-0.1, -0.05) is 24.3 Å². The van der Waals surface area contributed by atoms with Crippen LogP contribution in [0, 0.1) is 13.8 Å². The van der Waals surface area contributed by atoms with Crippen LogP contribution >= 0.6 is 0 Å². The van der Waals surface area contributed by atoms with Gasteiger partial charge in [-0.15, -0.1) is 0 Å². The van der Waals surface area contributed by atoms with Gasteiger partial charge in [0.1, 0.15) is 0 Å². The summed E-state index contributed by atoms with van der Waals surface area (Å²) in [5.74, 6) is 1.15. The SMILES string of the molecule is CCOc1cc(/C=C/C(=O)NCc2c(C)nn(-c3ccccc3)c2C)ccc1OC. The zero-order valence-corrected chi connectivity index (χ0v) is 17.8. The second-order valence-electron chi connectivity index (χ2n) is 6.79. The Balaban J connectivity index is 1.67. The average Bonchev–Trinajstić information content (AvgIpc) is 3.05. The molecule has 2 aromatic carbocycles. The van der Waals surface area contributed by atoms with Crippen LogP contribution in [0.1, 0.15) is 29.4 Å². The summed E-state index contributed by atoms with van der Waals surface area (Å²) in [4.78, 5) is 12.3. The molecular formula is C24H27N3O3. The average molecular weight is 405 g/mol. The van der Waals surface area contributed by atoms with E-state index in [1.54, 1.807) is 13.2 Å². The second-order valence-corrected chi connectivity index (χ2v) is 6.79. The molecule has 0 fully saturated rings. The highest BCUT2D eigenvalue weighted by molar-refractivity contribution is 5.91. The van der Waals surface area contributed by atoms with E-state index in [1.165, 1.54) is 6.08 Å². The van der Waals surface area contributed by atoms with Gasteiger partial charge in [0.05, 0.1) is 25.1 Å². The molecule has 3 aromatic rings. The molecule has 6 nitrogen and oxygen atoms in total. The molecule has 0 radical (unpaired) electrons. The van der Waals surface area contributed by atoms with Gasteiger partial charge in [0.25, 0.3) is 0 Å². The molecule has 0 spiro atoms. The van der Waals surface area contributed by atoms with E-state index in [1.807, 2.05) is 74.0 Å². The van der Waals surface area contributed by atoms with E-state index < -0.39 is 0 Å². The number of hydrogen-bond acceptors (Lipinski definition) is 4. The molecule has 1 aromatic heterocycles. The minimum absolute atomic E-state index is 0.171. The van der Waals surface area contributed by atoms with Gasteiger partial charge in [0.15, 0.2) is 11.5 Å². The molecule has 0 aliphatic carbocycles. The van der Waals surface area contributed by atoms with Gasteiger partial charge in [-0.2, -0.15) is 5.10 Å². The fourth-order valence-electron chi connectivity index (χ4n) is 3.22. The lowest BCUT2D eigenvalue weighted by atomic mass is 10.1. The van der Waals surface area contributed by atoms with Crippen molar-refractivity contribution in [2.45, 2.75) is 27.3 Å². The topological polar surface area (TPSA) is 65.4 Å². The van der Waals surface area contributed by atoms with Crippen molar-refractivity contribution >= 4 is 12.0 Å². The summed E-state index contributed by atoms with van der Waals surface area (Å²) in [6.07, 6.45) is 3.27. The Labute approximate surface area is 177 Å². The number of aromatic nitrogens is 2. The third-order valence-electron chi connectivity index (χ3n) is 4.80. The normalized spacial score (nSPS) is 10.9. The Morgan fingerprint density at radius 3 is 2.60 bits per heavy atom. The van der Waals surface area contributed by atoms with Crippen molar-refractivity contribution in [1.29, 1.82) is 0 Å². The lowest BCUT2D eigenvalue weighted by molar-refractivity contribution is -0.116. The summed E-state index contributed by atoms with van der Waals surface area (Å²) in [5, 5.41) is 7.56. The molecule has 1 N–H and O–H groups in total. The number of amides is 1. The molecule has 0 aliphatic heterocycles. The third kappa shape index (κ3) is 4.89. The number of para-hydroxylation sites is 1. The lowest BCUT2D eigenvalue weighted by Gasteiger charge is -2.09. The van der Waals surface area contributed by atoms with Gasteiger partial charge in [0, 0.05) is 23.9 Å². The van der Waals surface area contributed by atoms with Crippen LogP contribution in [0.3, 0.4) is 0 Å². The van der Waals surface area contributed by atoms with Gasteiger partial charge < -0.3 is 14.8 Å². The molecule has 0 aliphatic rings. The molecule has 6 heteroatoms. The Bertz CT molecular complexity index is 1040. The second kappa shape index (κ2) is 9.78. The molecule has 0 bridgehead atoms. The fourth-order valence-corrected chi connectivity index (χ4v) is 3.22. The largest absolute Gasteiger partial charge is 0.493 e. The summed E-state index contributed by atoms with van der Waals surface area (Å²) >= 11 is 0. The Morgan fingerprint density at radius 1 is 1.13 bits per heavy atom. The molecule has 0 unspecified atom stereocenters. The first-order valence-corrected chi connectivity index (χ1v) is 9.90. The van der Waals surface area contributed by atoms with Gasteiger partial charge in [0.2, 0.25) is 5.91 Å². The van der Waals surface area contributed by atoms with Crippen molar-refractivity contribution in [2.24, 2.45) is 0 Å². The predicted molar refractivity (Wildman–Crippen MR) is 118 cm³/mol. The van der Waals surface area contributed by atoms with Crippen LogP contribution in [0.5, 0.6) is 11.5 Å². The van der Waals surface area contributed by atoms with Crippen molar-refractivity contribution in [2.75, 3.05) is 13.7 Å². The summed E-state index contributed by atoms with van der Waals surface area (Å²) in [6, 6.07) is 15.5. The Morgan fingerprint density at radius 2 is 1.90 bits per heavy atom. The van der Waals surface area contributed by atoms with E-state index in [2.05, 4.69) is 10.4 Å². The predicted octanol–water partition coefficient (Wildman–Crippen LogP) is 4.23. The molecular weight excluding hydrogens is 378 g/mol. The third-order valence-corrected chi connectivity index (χ3v) is 4.80. The Hall–Kier alpha value is -3.54. The first-order valence-electron chi connectivity index (χ1n) is 9.90. The van der Waals surface area contributed by atoms with Crippen LogP contribution in [-0.4, -0.2) is 29.4 Å². The Kier molecular flexibility index (Phi) is 6.91. The number of nitrogens with zero attached hydrogens (tertiary/aromatic N) is 2. The minimum atomic E-state index is -0.171. The summed E-state index contributed by atoms with van der Waals surface area (Å²) in [6.45, 7) is 6.84. The summed E-state index contributed by atoms with van der Waals surface area (Å²) < 4.78 is 12.8. The number of methoxy groups -OCH3 is 1. The van der Waals surface area contributed by atoms with Crippen LogP contribution in [0.15, 0.2) is 54.6 Å². The van der Waals surface area contributed by atoms with Crippen molar-refractivity contribution in [3.63, 3.8) is 0 Å². The molecule has 0 saturated carbocycles. The van der Waals surface area contributed by atoms with E-state index in [0.29, 0.717) is 24.7 Å². The van der Waals surface area contributed by atoms with Crippen molar-refractivity contribution < 1.29 is 14.3 Å². The molecule has 30 heavy (non-hydrogen) atoms. The lowest BCUT2D eigenvalue weighted by Crippen LogP contribution is -2.21. The first-order chi connectivity index (χ1) is 14.5. The monoisotopic (exact) mass is 405 g/mol. The highest BCUT2D eigenvalue weighted by atomic mass is 16.5. The molecule has 156 valence electrons. The highest BCUT2D eigenvalue weighted by Gasteiger charge is 2.13. The summed E-state index contributed by atoms with van der Waals surface area (Å²) in [7, 11) is 1.60. The van der Waals surface area contributed by atoms with Crippen LogP contribution in [-0.2, 0) is 11.3 Å². The molecule has 1 amide bonds. The van der Waals surface area contributed by atoms with Crippen LogP contribution in [0.25, 0.3) is 11.8 Å². The number of rotatable bonds is 8. The zero-order valence-electron chi connectivity index (χ0n) is 17.8. The standard InChI is InChI=1S/C24H27N3O3/c1-5-30-23-15-19(11-13-22(23)29-4)12-14-24(28)25-16-21-17(2)26-27(18(21)3)20-9-7-6-8-10-20/h6-15H,5,16H2,1-4H3,(H,25,28)/b14-12+. The number of nitrogens with one attached hydrogen (secondary N) is 1. The van der Waals surface area contributed by atoms with Gasteiger partial charge >= 0.3 is 0 Å². The molecule has 0 saturated heterocycles. The molecule has 1 heterocycles. The zero-order chi connectivity index (χ0) is 21.5. The molecule has 3 rings (SSSR count). The maximum atomic E-state index is 12.3. The smallest absolute Gasteiger partial charge is 0.244 e. The van der Waals surface area contributed by atoms with Gasteiger partial charge in [-0.05, 0) is 56.7 Å². The number of ether oxygens (including phenoxy) is 2. The van der Waals surface area contributed by atoms with E-state index in [9.17, 15) is 4.79 Å². The van der Waals surface area contributed by atoms with E-state index >= 15 is 0 Å². The number of benzene rings is 2. The van der Waals surface area contributed by atoms with Gasteiger partial charge in [-0.3, -0.25) is 4.79 Å². The number of aryl methyl sites for hydroxylation is 1. The maximum Gasteiger partial charge on any atom is 0.244 e. The van der Waals surface area contributed by atoms with Gasteiger partial charge in [-0.25, -0.2) is 4.68 Å². The number of hydrogen-bond donors (Lipinski definition) is 1. The maximum absolute atomic E-state index is 12.3. The highest BCUT2D eigenvalue weighted by Crippen LogP contribution is 2.28. The van der Waals surface area contributed by atoms with E-state index in [0.717, 1.165) is 28.2 Å². The number of carbonyl (C=O) groups is 1. The summed E-state index contributed by atoms with van der Waals surface area (Å²) in [5.41, 5.74) is 4.79. The van der Waals surface area contributed by atoms with Crippen LogP contribution in [0.4, 0.5) is 0 Å². The van der Waals surface area contributed by atoms with Crippen LogP contribution in [0.2, 0.25) is 0 Å². The quantitative estimate of drug-likeness (QED) is 0.570. The van der Waals surface area contributed by atoms with Crippen molar-refractivity contribution in [3.05, 3.63) is 77.1 Å². The van der Waals surface area contributed by atoms with E-state index in [4.69, 9.17) is 9.47 Å². The van der Waals surface area contributed by atoms with Crippen molar-refractivity contribution in [3.8, 4) is 17.2 Å². The minimum Gasteiger partial charge on any atom is -0.493 e. The van der Waals surface area contributed by atoms with Crippen molar-refractivity contribution in [1.82, 2.24) is 15.1 Å². The van der Waals surface area contributed by atoms with Crippen LogP contribution < -0.4 is 14.8 Å².